The average Bonchev–Trinajstić information content (AvgIpc) is 2.73. The Hall–Kier alpha value is -0.390. The predicted molar refractivity (Wildman–Crippen MR) is 74.4 cm³/mol. The van der Waals surface area contributed by atoms with Crippen LogP contribution in [0.25, 0.3) is 0 Å². The third-order valence-corrected chi connectivity index (χ3v) is 4.42. The summed E-state index contributed by atoms with van der Waals surface area (Å²) < 4.78 is 22.4. The van der Waals surface area contributed by atoms with Gasteiger partial charge in [-0.1, -0.05) is 13.0 Å². The van der Waals surface area contributed by atoms with E-state index in [9.17, 15) is 8.42 Å². The van der Waals surface area contributed by atoms with Crippen LogP contribution in [0.1, 0.15) is 24.6 Å². The number of thiophene rings is 1. The molecule has 0 radical (unpaired) electrons. The summed E-state index contributed by atoms with van der Waals surface area (Å²) in [6, 6.07) is 4.41. The normalized spacial score (nSPS) is 13.8. The van der Waals surface area contributed by atoms with Gasteiger partial charge in [-0.15, -0.1) is 11.3 Å². The largest absolute Gasteiger partial charge is 0.314 e. The minimum Gasteiger partial charge on any atom is -0.314 e. The van der Waals surface area contributed by atoms with Gasteiger partial charge in [0, 0.05) is 17.2 Å². The van der Waals surface area contributed by atoms with Crippen molar-refractivity contribution in [3.63, 3.8) is 0 Å². The Morgan fingerprint density at radius 2 is 2.24 bits per heavy atom. The zero-order valence-electron chi connectivity index (χ0n) is 10.5. The molecule has 0 saturated heterocycles. The van der Waals surface area contributed by atoms with Crippen LogP contribution in [-0.2, 0) is 16.3 Å². The highest BCUT2D eigenvalue weighted by Gasteiger charge is 2.12. The van der Waals surface area contributed by atoms with E-state index in [4.69, 9.17) is 0 Å². The summed E-state index contributed by atoms with van der Waals surface area (Å²) in [6.07, 6.45) is 3.98. The molecule has 0 fully saturated rings. The van der Waals surface area contributed by atoms with Crippen LogP contribution in [0.15, 0.2) is 17.5 Å². The summed E-state index contributed by atoms with van der Waals surface area (Å²) in [6.45, 7) is 3.06. The molecule has 0 aliphatic rings. The zero-order valence-corrected chi connectivity index (χ0v) is 12.1. The summed E-state index contributed by atoms with van der Waals surface area (Å²) in [5, 5.41) is 5.48. The van der Waals surface area contributed by atoms with E-state index in [0.717, 1.165) is 19.4 Å². The third-order valence-electron chi connectivity index (χ3n) is 2.55. The highest BCUT2D eigenvalue weighted by atomic mass is 32.2. The van der Waals surface area contributed by atoms with E-state index in [1.54, 1.807) is 11.3 Å². The first-order valence-electron chi connectivity index (χ1n) is 5.94. The molecule has 1 heterocycles. The number of hydrogen-bond donors (Lipinski definition) is 1. The van der Waals surface area contributed by atoms with E-state index in [1.807, 2.05) is 6.07 Å². The number of sulfone groups is 1. The Labute approximate surface area is 108 Å². The van der Waals surface area contributed by atoms with Crippen LogP contribution in [0, 0.1) is 0 Å². The van der Waals surface area contributed by atoms with Crippen molar-refractivity contribution >= 4 is 21.2 Å². The van der Waals surface area contributed by atoms with Crippen molar-refractivity contribution < 1.29 is 8.42 Å². The summed E-state index contributed by atoms with van der Waals surface area (Å²) in [4.78, 5) is 1.31. The van der Waals surface area contributed by atoms with Gasteiger partial charge < -0.3 is 5.32 Å². The van der Waals surface area contributed by atoms with Crippen molar-refractivity contribution in [3.05, 3.63) is 22.4 Å². The average molecular weight is 275 g/mol. The molecule has 98 valence electrons. The highest BCUT2D eigenvalue weighted by Crippen LogP contribution is 2.13. The first-order valence-corrected chi connectivity index (χ1v) is 8.88. The lowest BCUT2D eigenvalue weighted by atomic mass is 10.1. The van der Waals surface area contributed by atoms with Crippen LogP contribution >= 0.6 is 11.3 Å². The number of rotatable bonds is 8. The van der Waals surface area contributed by atoms with Gasteiger partial charge in [-0.2, -0.15) is 0 Å². The SMILES string of the molecule is CCCNC(CCS(C)(=O)=O)Cc1cccs1. The summed E-state index contributed by atoms with van der Waals surface area (Å²) >= 11 is 1.73. The maximum atomic E-state index is 11.2. The lowest BCUT2D eigenvalue weighted by Gasteiger charge is -2.17. The van der Waals surface area contributed by atoms with Crippen molar-refractivity contribution in [2.24, 2.45) is 0 Å². The molecule has 1 atom stereocenters. The molecular weight excluding hydrogens is 254 g/mol. The molecule has 1 N–H and O–H groups in total. The van der Waals surface area contributed by atoms with Gasteiger partial charge in [0.05, 0.1) is 5.75 Å². The van der Waals surface area contributed by atoms with Gasteiger partial charge in [-0.05, 0) is 37.3 Å². The van der Waals surface area contributed by atoms with Gasteiger partial charge in [-0.25, -0.2) is 8.42 Å². The quantitative estimate of drug-likeness (QED) is 0.790. The van der Waals surface area contributed by atoms with E-state index in [0.29, 0.717) is 6.42 Å². The van der Waals surface area contributed by atoms with Crippen LogP contribution in [-0.4, -0.2) is 33.0 Å². The van der Waals surface area contributed by atoms with Crippen LogP contribution in [0.5, 0.6) is 0 Å². The molecule has 0 aliphatic heterocycles. The fourth-order valence-electron chi connectivity index (χ4n) is 1.65. The lowest BCUT2D eigenvalue weighted by Crippen LogP contribution is -2.33. The molecule has 0 aliphatic carbocycles. The van der Waals surface area contributed by atoms with Gasteiger partial charge in [-0.3, -0.25) is 0 Å². The standard InChI is InChI=1S/C12H21NO2S2/c1-3-7-13-11(6-9-17(2,14)15)10-12-5-4-8-16-12/h4-5,8,11,13H,3,6-7,9-10H2,1-2H3. The second-order valence-corrected chi connectivity index (χ2v) is 7.65. The molecule has 17 heavy (non-hydrogen) atoms. The number of hydrogen-bond acceptors (Lipinski definition) is 4. The minimum absolute atomic E-state index is 0.264. The molecule has 5 heteroatoms. The van der Waals surface area contributed by atoms with Gasteiger partial charge >= 0.3 is 0 Å². The first kappa shape index (κ1) is 14.7. The van der Waals surface area contributed by atoms with Crippen molar-refractivity contribution in [1.29, 1.82) is 0 Å². The van der Waals surface area contributed by atoms with Gasteiger partial charge in [0.2, 0.25) is 0 Å². The highest BCUT2D eigenvalue weighted by molar-refractivity contribution is 7.90. The van der Waals surface area contributed by atoms with E-state index >= 15 is 0 Å². The molecule has 0 bridgehead atoms. The molecule has 0 amide bonds. The van der Waals surface area contributed by atoms with Crippen molar-refractivity contribution in [3.8, 4) is 0 Å². The van der Waals surface area contributed by atoms with E-state index in [-0.39, 0.29) is 11.8 Å². The molecule has 1 unspecified atom stereocenters. The number of nitrogens with one attached hydrogen (secondary N) is 1. The van der Waals surface area contributed by atoms with E-state index < -0.39 is 9.84 Å². The summed E-state index contributed by atoms with van der Waals surface area (Å²) in [5.41, 5.74) is 0. The monoisotopic (exact) mass is 275 g/mol. The van der Waals surface area contributed by atoms with Gasteiger partial charge in [0.25, 0.3) is 0 Å². The van der Waals surface area contributed by atoms with Crippen LogP contribution < -0.4 is 5.32 Å². The maximum absolute atomic E-state index is 11.2. The lowest BCUT2D eigenvalue weighted by molar-refractivity contribution is 0.494. The minimum atomic E-state index is -2.86. The Bertz CT molecular complexity index is 398. The summed E-state index contributed by atoms with van der Waals surface area (Å²) in [7, 11) is -2.86. The predicted octanol–water partition coefficient (Wildman–Crippen LogP) is 2.09. The topological polar surface area (TPSA) is 46.2 Å². The fourth-order valence-corrected chi connectivity index (χ4v) is 3.15. The molecule has 1 rings (SSSR count). The zero-order chi connectivity index (χ0) is 12.7. The Morgan fingerprint density at radius 3 is 2.76 bits per heavy atom. The Morgan fingerprint density at radius 1 is 1.47 bits per heavy atom. The Balaban J connectivity index is 2.48. The van der Waals surface area contributed by atoms with Crippen molar-refractivity contribution in [2.75, 3.05) is 18.6 Å². The van der Waals surface area contributed by atoms with E-state index in [1.165, 1.54) is 11.1 Å². The van der Waals surface area contributed by atoms with Gasteiger partial charge in [0.15, 0.2) is 0 Å². The van der Waals surface area contributed by atoms with Crippen LogP contribution in [0.3, 0.4) is 0 Å². The fraction of sp³-hybridized carbons (Fsp3) is 0.667. The molecule has 1 aromatic rings. The molecule has 0 spiro atoms. The first-order chi connectivity index (χ1) is 8.01. The van der Waals surface area contributed by atoms with Crippen LogP contribution in [0.2, 0.25) is 0 Å². The van der Waals surface area contributed by atoms with Crippen molar-refractivity contribution in [1.82, 2.24) is 5.32 Å². The maximum Gasteiger partial charge on any atom is 0.147 e. The summed E-state index contributed by atoms with van der Waals surface area (Å²) in [5.74, 6) is 0.264. The second kappa shape index (κ2) is 7.13. The van der Waals surface area contributed by atoms with Crippen molar-refractivity contribution in [2.45, 2.75) is 32.2 Å². The smallest absolute Gasteiger partial charge is 0.147 e. The molecule has 3 nitrogen and oxygen atoms in total. The van der Waals surface area contributed by atoms with Gasteiger partial charge in [0.1, 0.15) is 9.84 Å². The molecule has 1 aromatic heterocycles. The van der Waals surface area contributed by atoms with Crippen LogP contribution in [0.4, 0.5) is 0 Å². The molecular formula is C12H21NO2S2. The second-order valence-electron chi connectivity index (χ2n) is 4.35. The third kappa shape index (κ3) is 6.81. The van der Waals surface area contributed by atoms with E-state index in [2.05, 4.69) is 23.7 Å². The Kier molecular flexibility index (Phi) is 6.16. The molecule has 0 aromatic carbocycles. The molecule has 0 saturated carbocycles.